The van der Waals surface area contributed by atoms with Crippen molar-refractivity contribution in [3.8, 4) is 5.75 Å². The average Bonchev–Trinajstić information content (AvgIpc) is 2.79. The molecule has 0 saturated carbocycles. The summed E-state index contributed by atoms with van der Waals surface area (Å²) in [5, 5.41) is 16.4. The Morgan fingerprint density at radius 1 is 1.44 bits per heavy atom. The normalized spacial score (nSPS) is 10.6. The predicted molar refractivity (Wildman–Crippen MR) is 67.9 cm³/mol. The lowest BCUT2D eigenvalue weighted by Crippen LogP contribution is -1.99. The van der Waals surface area contributed by atoms with Crippen LogP contribution in [-0.4, -0.2) is 14.9 Å². The van der Waals surface area contributed by atoms with Gasteiger partial charge in [0.25, 0.3) is 0 Å². The number of hydrogen-bond acceptors (Lipinski definition) is 3. The quantitative estimate of drug-likeness (QED) is 0.801. The van der Waals surface area contributed by atoms with E-state index >= 15 is 0 Å². The van der Waals surface area contributed by atoms with Crippen molar-refractivity contribution >= 4 is 5.69 Å². The van der Waals surface area contributed by atoms with Crippen molar-refractivity contribution in [2.75, 3.05) is 5.32 Å². The van der Waals surface area contributed by atoms with Gasteiger partial charge < -0.3 is 10.4 Å². The van der Waals surface area contributed by atoms with E-state index < -0.39 is 5.82 Å². The fourth-order valence-electron chi connectivity index (χ4n) is 1.67. The zero-order valence-corrected chi connectivity index (χ0v) is 10.2. The molecule has 0 aliphatic carbocycles. The zero-order valence-electron chi connectivity index (χ0n) is 10.2. The van der Waals surface area contributed by atoms with Crippen molar-refractivity contribution in [1.82, 2.24) is 9.78 Å². The van der Waals surface area contributed by atoms with Crippen molar-refractivity contribution in [3.63, 3.8) is 0 Å². The van der Waals surface area contributed by atoms with Crippen LogP contribution in [0.15, 0.2) is 30.6 Å². The lowest BCUT2D eigenvalue weighted by atomic mass is 10.2. The van der Waals surface area contributed by atoms with E-state index in [0.717, 1.165) is 18.5 Å². The number of benzene rings is 1. The van der Waals surface area contributed by atoms with Crippen LogP contribution in [0, 0.1) is 5.82 Å². The highest BCUT2D eigenvalue weighted by molar-refractivity contribution is 5.47. The Labute approximate surface area is 105 Å². The largest absolute Gasteiger partial charge is 0.505 e. The number of halogens is 1. The summed E-state index contributed by atoms with van der Waals surface area (Å²) in [7, 11) is 0. The number of anilines is 1. The number of aryl methyl sites for hydroxylation is 1. The summed E-state index contributed by atoms with van der Waals surface area (Å²) >= 11 is 0. The summed E-state index contributed by atoms with van der Waals surface area (Å²) in [4.78, 5) is 0. The number of phenols is 1. The van der Waals surface area contributed by atoms with Crippen LogP contribution >= 0.6 is 0 Å². The van der Waals surface area contributed by atoms with E-state index in [9.17, 15) is 4.39 Å². The van der Waals surface area contributed by atoms with Crippen LogP contribution in [0.25, 0.3) is 0 Å². The predicted octanol–water partition coefficient (Wildman–Crippen LogP) is 2.75. The zero-order chi connectivity index (χ0) is 13.0. The Morgan fingerprint density at radius 3 is 3.00 bits per heavy atom. The van der Waals surface area contributed by atoms with Crippen LogP contribution in [0.4, 0.5) is 10.1 Å². The molecule has 0 atom stereocenters. The molecule has 0 unspecified atom stereocenters. The van der Waals surface area contributed by atoms with Crippen LogP contribution in [0.5, 0.6) is 5.75 Å². The molecule has 5 heteroatoms. The first-order valence-electron chi connectivity index (χ1n) is 5.92. The Balaban J connectivity index is 1.95. The standard InChI is InChI=1S/C13H16FN3O/c1-2-5-17-9-10(8-16-17)7-15-11-3-4-13(18)12(14)6-11/h3-4,6,8-9,15,18H,2,5,7H2,1H3. The third-order valence-corrected chi connectivity index (χ3v) is 2.58. The van der Waals surface area contributed by atoms with Gasteiger partial charge in [-0.15, -0.1) is 0 Å². The molecule has 2 rings (SSSR count). The summed E-state index contributed by atoms with van der Waals surface area (Å²) in [6, 6.07) is 4.23. The molecule has 1 aromatic heterocycles. The molecule has 0 aliphatic rings. The highest BCUT2D eigenvalue weighted by Crippen LogP contribution is 2.19. The van der Waals surface area contributed by atoms with Gasteiger partial charge in [-0.3, -0.25) is 4.68 Å². The molecule has 1 aromatic carbocycles. The third kappa shape index (κ3) is 3.00. The van der Waals surface area contributed by atoms with Crippen LogP contribution in [0.3, 0.4) is 0 Å². The SMILES string of the molecule is CCCn1cc(CNc2ccc(O)c(F)c2)cn1. The molecule has 4 nitrogen and oxygen atoms in total. The summed E-state index contributed by atoms with van der Waals surface area (Å²) in [6.07, 6.45) is 4.80. The lowest BCUT2D eigenvalue weighted by molar-refractivity contribution is 0.432. The Hall–Kier alpha value is -2.04. The second-order valence-corrected chi connectivity index (χ2v) is 4.13. The van der Waals surface area contributed by atoms with Crippen LogP contribution in [0.1, 0.15) is 18.9 Å². The fourth-order valence-corrected chi connectivity index (χ4v) is 1.67. The molecule has 2 N–H and O–H groups in total. The number of nitrogens with zero attached hydrogens (tertiary/aromatic N) is 2. The molecule has 0 fully saturated rings. The minimum Gasteiger partial charge on any atom is -0.505 e. The second-order valence-electron chi connectivity index (χ2n) is 4.13. The number of aromatic nitrogens is 2. The van der Waals surface area contributed by atoms with E-state index in [1.54, 1.807) is 12.3 Å². The number of aromatic hydroxyl groups is 1. The van der Waals surface area contributed by atoms with Crippen LogP contribution in [-0.2, 0) is 13.1 Å². The summed E-state index contributed by atoms with van der Waals surface area (Å²) in [5.74, 6) is -0.960. The Bertz CT molecular complexity index is 525. The monoisotopic (exact) mass is 249 g/mol. The molecule has 1 heterocycles. The van der Waals surface area contributed by atoms with Crippen molar-refractivity contribution in [3.05, 3.63) is 42.0 Å². The molecule has 0 aliphatic heterocycles. The van der Waals surface area contributed by atoms with Crippen molar-refractivity contribution in [1.29, 1.82) is 0 Å². The van der Waals surface area contributed by atoms with E-state index in [0.29, 0.717) is 12.2 Å². The number of rotatable bonds is 5. The number of nitrogens with one attached hydrogen (secondary N) is 1. The van der Waals surface area contributed by atoms with Gasteiger partial charge in [-0.2, -0.15) is 5.10 Å². The Morgan fingerprint density at radius 2 is 2.28 bits per heavy atom. The molecule has 96 valence electrons. The summed E-state index contributed by atoms with van der Waals surface area (Å²) in [5.41, 5.74) is 1.67. The first-order valence-corrected chi connectivity index (χ1v) is 5.92. The van der Waals surface area contributed by atoms with Gasteiger partial charge in [0.05, 0.1) is 6.20 Å². The van der Waals surface area contributed by atoms with Gasteiger partial charge in [-0.1, -0.05) is 6.92 Å². The maximum absolute atomic E-state index is 13.1. The van der Waals surface area contributed by atoms with Gasteiger partial charge in [0.1, 0.15) is 0 Å². The molecule has 0 radical (unpaired) electrons. The van der Waals surface area contributed by atoms with E-state index in [4.69, 9.17) is 5.11 Å². The van der Waals surface area contributed by atoms with Gasteiger partial charge in [0, 0.05) is 36.6 Å². The molecular weight excluding hydrogens is 233 g/mol. The van der Waals surface area contributed by atoms with Crippen molar-refractivity contribution < 1.29 is 9.50 Å². The van der Waals surface area contributed by atoms with E-state index in [1.807, 2.05) is 10.9 Å². The van der Waals surface area contributed by atoms with Gasteiger partial charge in [0.15, 0.2) is 11.6 Å². The molecule has 2 aromatic rings. The van der Waals surface area contributed by atoms with Gasteiger partial charge in [0.2, 0.25) is 0 Å². The molecule has 0 bridgehead atoms. The van der Waals surface area contributed by atoms with Gasteiger partial charge in [-0.05, 0) is 18.6 Å². The van der Waals surface area contributed by atoms with E-state index in [2.05, 4.69) is 17.3 Å². The smallest absolute Gasteiger partial charge is 0.166 e. The Kier molecular flexibility index (Phi) is 3.82. The topological polar surface area (TPSA) is 50.1 Å². The average molecular weight is 249 g/mol. The second kappa shape index (κ2) is 5.53. The molecule has 0 saturated heterocycles. The van der Waals surface area contributed by atoms with E-state index in [-0.39, 0.29) is 5.75 Å². The molecule has 0 spiro atoms. The number of hydrogen-bond donors (Lipinski definition) is 2. The first-order chi connectivity index (χ1) is 8.69. The highest BCUT2D eigenvalue weighted by atomic mass is 19.1. The molecular formula is C13H16FN3O. The molecule has 0 amide bonds. The van der Waals surface area contributed by atoms with E-state index in [1.165, 1.54) is 12.1 Å². The summed E-state index contributed by atoms with van der Waals surface area (Å²) < 4.78 is 15.0. The minimum atomic E-state index is -0.623. The first kappa shape index (κ1) is 12.4. The van der Waals surface area contributed by atoms with Crippen LogP contribution < -0.4 is 5.32 Å². The van der Waals surface area contributed by atoms with Crippen molar-refractivity contribution in [2.24, 2.45) is 0 Å². The highest BCUT2D eigenvalue weighted by Gasteiger charge is 2.02. The van der Waals surface area contributed by atoms with Gasteiger partial charge in [-0.25, -0.2) is 4.39 Å². The maximum atomic E-state index is 13.1. The van der Waals surface area contributed by atoms with Gasteiger partial charge >= 0.3 is 0 Å². The lowest BCUT2D eigenvalue weighted by Gasteiger charge is -2.05. The third-order valence-electron chi connectivity index (χ3n) is 2.58. The number of phenolic OH excluding ortho intramolecular Hbond substituents is 1. The maximum Gasteiger partial charge on any atom is 0.166 e. The summed E-state index contributed by atoms with van der Waals surface area (Å²) in [6.45, 7) is 3.57. The van der Waals surface area contributed by atoms with Crippen LogP contribution in [0.2, 0.25) is 0 Å². The fraction of sp³-hybridized carbons (Fsp3) is 0.308. The van der Waals surface area contributed by atoms with Crippen molar-refractivity contribution in [2.45, 2.75) is 26.4 Å². The minimum absolute atomic E-state index is 0.337. The molecule has 18 heavy (non-hydrogen) atoms.